The van der Waals surface area contributed by atoms with Crippen LogP contribution >= 0.6 is 23.2 Å². The summed E-state index contributed by atoms with van der Waals surface area (Å²) in [6, 6.07) is 20.6. The molecule has 0 atom stereocenters. The maximum Gasteiger partial charge on any atom is 0.258 e. The summed E-state index contributed by atoms with van der Waals surface area (Å²) >= 11 is 12.4. The summed E-state index contributed by atoms with van der Waals surface area (Å²) in [6.07, 6.45) is 0. The highest BCUT2D eigenvalue weighted by Crippen LogP contribution is 2.26. The molecule has 0 fully saturated rings. The molecule has 0 spiro atoms. The van der Waals surface area contributed by atoms with E-state index in [1.54, 1.807) is 84.5 Å². The Bertz CT molecular complexity index is 1490. The van der Waals surface area contributed by atoms with E-state index in [2.05, 4.69) is 25.8 Å². The smallest absolute Gasteiger partial charge is 0.258 e. The van der Waals surface area contributed by atoms with Gasteiger partial charge in [0.15, 0.2) is 0 Å². The zero-order chi connectivity index (χ0) is 25.7. The summed E-state index contributed by atoms with van der Waals surface area (Å²) in [6.45, 7) is 0.0516. The van der Waals surface area contributed by atoms with E-state index in [-0.39, 0.29) is 23.0 Å². The van der Waals surface area contributed by atoms with Gasteiger partial charge in [0.25, 0.3) is 11.8 Å². The molecular weight excluding hydrogens is 501 g/mol. The third kappa shape index (κ3) is 5.50. The molecule has 0 bridgehead atoms. The Morgan fingerprint density at radius 1 is 0.972 bits per heavy atom. The molecule has 9 nitrogen and oxygen atoms in total. The Balaban J connectivity index is 1.47. The number of aryl methyl sites for hydroxylation is 1. The number of hydrogen-bond acceptors (Lipinski definition) is 4. The molecular formula is C25H19Cl2N7O2. The summed E-state index contributed by atoms with van der Waals surface area (Å²) < 4.78 is 1.56. The molecule has 0 aliphatic rings. The molecule has 4 rings (SSSR count). The molecule has 1 heterocycles. The van der Waals surface area contributed by atoms with Crippen molar-refractivity contribution in [1.82, 2.24) is 9.78 Å². The number of nitrogens with zero attached hydrogens (tertiary/aromatic N) is 5. The van der Waals surface area contributed by atoms with Gasteiger partial charge in [-0.15, -0.1) is 0 Å². The van der Waals surface area contributed by atoms with Gasteiger partial charge in [-0.3, -0.25) is 14.3 Å². The number of benzene rings is 3. The largest absolute Gasteiger partial charge is 0.322 e. The number of carbonyl (C=O) groups excluding carboxylic acids is 2. The molecule has 2 amide bonds. The molecule has 0 saturated heterocycles. The van der Waals surface area contributed by atoms with Crippen molar-refractivity contribution < 1.29 is 9.59 Å². The van der Waals surface area contributed by atoms with Crippen LogP contribution in [0.2, 0.25) is 10.0 Å². The van der Waals surface area contributed by atoms with Crippen molar-refractivity contribution >= 4 is 46.5 Å². The highest BCUT2D eigenvalue weighted by molar-refractivity contribution is 6.35. The van der Waals surface area contributed by atoms with E-state index < -0.39 is 5.91 Å². The van der Waals surface area contributed by atoms with Crippen LogP contribution in [0.5, 0.6) is 0 Å². The van der Waals surface area contributed by atoms with Gasteiger partial charge in [-0.05, 0) is 41.4 Å². The van der Waals surface area contributed by atoms with Crippen LogP contribution in [-0.2, 0) is 13.6 Å². The molecule has 0 saturated carbocycles. The van der Waals surface area contributed by atoms with Crippen molar-refractivity contribution in [3.8, 4) is 11.3 Å². The summed E-state index contributed by atoms with van der Waals surface area (Å²) in [5.41, 5.74) is 11.7. The molecule has 180 valence electrons. The third-order valence-corrected chi connectivity index (χ3v) is 6.08. The minimum Gasteiger partial charge on any atom is -0.322 e. The standard InChI is InChI=1S/C25H19Cl2N7O2/c1-34-22(31-24(35)18-6-2-3-8-20(18)26)13-21(32-34)15-9-11-17(12-10-15)30-25(36)19-7-4-5-16(23(19)27)14-29-33-28/h2-13H,14H2,1H3,(H,30,36)(H,31,35). The van der Waals surface area contributed by atoms with Gasteiger partial charge >= 0.3 is 0 Å². The zero-order valence-electron chi connectivity index (χ0n) is 18.9. The predicted octanol–water partition coefficient (Wildman–Crippen LogP) is 6.71. The van der Waals surface area contributed by atoms with E-state index in [1.165, 1.54) is 0 Å². The van der Waals surface area contributed by atoms with Gasteiger partial charge in [-0.2, -0.15) is 5.10 Å². The average molecular weight is 520 g/mol. The molecule has 36 heavy (non-hydrogen) atoms. The van der Waals surface area contributed by atoms with E-state index in [4.69, 9.17) is 28.7 Å². The molecule has 4 aromatic rings. The third-order valence-electron chi connectivity index (χ3n) is 5.31. The number of aromatic nitrogens is 2. The Kier molecular flexibility index (Phi) is 7.56. The van der Waals surface area contributed by atoms with Gasteiger partial charge < -0.3 is 10.6 Å². The minimum absolute atomic E-state index is 0.0516. The number of rotatable bonds is 7. The lowest BCUT2D eigenvalue weighted by molar-refractivity contribution is 0.101. The van der Waals surface area contributed by atoms with Crippen molar-refractivity contribution in [3.63, 3.8) is 0 Å². The normalized spacial score (nSPS) is 10.4. The monoisotopic (exact) mass is 519 g/mol. The molecule has 0 radical (unpaired) electrons. The summed E-state index contributed by atoms with van der Waals surface area (Å²) in [5.74, 6) is -0.226. The van der Waals surface area contributed by atoms with Crippen LogP contribution in [-0.4, -0.2) is 21.6 Å². The molecule has 0 aliphatic heterocycles. The second kappa shape index (κ2) is 11.0. The number of carbonyl (C=O) groups is 2. The highest BCUT2D eigenvalue weighted by Gasteiger charge is 2.15. The lowest BCUT2D eigenvalue weighted by Crippen LogP contribution is -2.14. The first-order valence-corrected chi connectivity index (χ1v) is 11.4. The number of anilines is 2. The number of halogens is 2. The Morgan fingerprint density at radius 3 is 2.39 bits per heavy atom. The summed E-state index contributed by atoms with van der Waals surface area (Å²) in [4.78, 5) is 28.0. The van der Waals surface area contributed by atoms with Crippen LogP contribution in [0.3, 0.4) is 0 Å². The predicted molar refractivity (Wildman–Crippen MR) is 140 cm³/mol. The van der Waals surface area contributed by atoms with Crippen LogP contribution in [0.1, 0.15) is 26.3 Å². The van der Waals surface area contributed by atoms with Crippen LogP contribution in [0.25, 0.3) is 21.7 Å². The molecule has 3 aromatic carbocycles. The Morgan fingerprint density at radius 2 is 1.67 bits per heavy atom. The van der Waals surface area contributed by atoms with Gasteiger partial charge in [0.1, 0.15) is 5.82 Å². The molecule has 2 N–H and O–H groups in total. The van der Waals surface area contributed by atoms with Crippen molar-refractivity contribution in [2.75, 3.05) is 10.6 Å². The fourth-order valence-electron chi connectivity index (χ4n) is 3.46. The molecule has 1 aromatic heterocycles. The number of azide groups is 1. The van der Waals surface area contributed by atoms with Crippen molar-refractivity contribution in [2.24, 2.45) is 12.2 Å². The summed E-state index contributed by atoms with van der Waals surface area (Å²) in [7, 11) is 1.72. The topological polar surface area (TPSA) is 125 Å². The number of nitrogens with one attached hydrogen (secondary N) is 2. The first-order chi connectivity index (χ1) is 17.4. The highest BCUT2D eigenvalue weighted by atomic mass is 35.5. The van der Waals surface area contributed by atoms with E-state index in [1.807, 2.05) is 0 Å². The van der Waals surface area contributed by atoms with E-state index in [9.17, 15) is 9.59 Å². The van der Waals surface area contributed by atoms with Gasteiger partial charge in [0, 0.05) is 29.3 Å². The van der Waals surface area contributed by atoms with Gasteiger partial charge in [0.05, 0.1) is 33.4 Å². The molecule has 0 unspecified atom stereocenters. The summed E-state index contributed by atoms with van der Waals surface area (Å²) in [5, 5.41) is 14.2. The van der Waals surface area contributed by atoms with Gasteiger partial charge in [0.2, 0.25) is 0 Å². The molecule has 0 aliphatic carbocycles. The van der Waals surface area contributed by atoms with Crippen LogP contribution in [0, 0.1) is 0 Å². The fraction of sp³-hybridized carbons (Fsp3) is 0.0800. The van der Waals surface area contributed by atoms with Crippen LogP contribution < -0.4 is 10.6 Å². The zero-order valence-corrected chi connectivity index (χ0v) is 20.5. The number of hydrogen-bond donors (Lipinski definition) is 2. The maximum absolute atomic E-state index is 12.7. The van der Waals surface area contributed by atoms with Crippen molar-refractivity contribution in [2.45, 2.75) is 6.54 Å². The lowest BCUT2D eigenvalue weighted by atomic mass is 10.1. The van der Waals surface area contributed by atoms with E-state index in [0.29, 0.717) is 33.3 Å². The molecule has 11 heteroatoms. The fourth-order valence-corrected chi connectivity index (χ4v) is 3.96. The Hall–Kier alpha value is -4.30. The van der Waals surface area contributed by atoms with Crippen LogP contribution in [0.15, 0.2) is 77.9 Å². The van der Waals surface area contributed by atoms with E-state index in [0.717, 1.165) is 5.56 Å². The van der Waals surface area contributed by atoms with Crippen LogP contribution in [0.4, 0.5) is 11.5 Å². The minimum atomic E-state index is -0.391. The lowest BCUT2D eigenvalue weighted by Gasteiger charge is -2.09. The second-order valence-electron chi connectivity index (χ2n) is 7.67. The van der Waals surface area contributed by atoms with Crippen molar-refractivity contribution in [1.29, 1.82) is 0 Å². The van der Waals surface area contributed by atoms with E-state index >= 15 is 0 Å². The first-order valence-electron chi connectivity index (χ1n) is 10.7. The average Bonchev–Trinajstić information content (AvgIpc) is 3.23. The Labute approximate surface area is 216 Å². The van der Waals surface area contributed by atoms with Crippen molar-refractivity contribution in [3.05, 3.63) is 110 Å². The second-order valence-corrected chi connectivity index (χ2v) is 8.46. The quantitative estimate of drug-likeness (QED) is 0.160. The first kappa shape index (κ1) is 24.8. The maximum atomic E-state index is 12.7. The SMILES string of the molecule is Cn1nc(-c2ccc(NC(=O)c3cccc(CN=[N+]=[N-])c3Cl)cc2)cc1NC(=O)c1ccccc1Cl. The number of amides is 2. The van der Waals surface area contributed by atoms with Gasteiger partial charge in [-0.1, -0.05) is 64.7 Å². The van der Waals surface area contributed by atoms with Gasteiger partial charge in [-0.25, -0.2) is 0 Å².